The number of benzene rings is 1. The average molecular weight is 301 g/mol. The van der Waals surface area contributed by atoms with Gasteiger partial charge in [-0.3, -0.25) is 4.79 Å². The minimum Gasteiger partial charge on any atom is -0.497 e. The van der Waals surface area contributed by atoms with Crippen molar-refractivity contribution in [2.75, 3.05) is 26.7 Å². The van der Waals surface area contributed by atoms with Crippen molar-refractivity contribution in [1.29, 1.82) is 0 Å². The van der Waals surface area contributed by atoms with Gasteiger partial charge in [-0.2, -0.15) is 0 Å². The Morgan fingerprint density at radius 2 is 2.05 bits per heavy atom. The number of fused-ring (bicyclic) bond motifs is 1. The first-order valence-electron chi connectivity index (χ1n) is 7.93. The molecule has 2 heterocycles. The Hall–Kier alpha value is -1.88. The summed E-state index contributed by atoms with van der Waals surface area (Å²) in [6.45, 7) is 6.16. The topological polar surface area (TPSA) is 47.4 Å². The fourth-order valence-corrected chi connectivity index (χ4v) is 3.03. The van der Waals surface area contributed by atoms with E-state index in [9.17, 15) is 4.79 Å². The molecule has 1 aliphatic heterocycles. The van der Waals surface area contributed by atoms with Gasteiger partial charge in [0.25, 0.3) is 5.56 Å². The number of hydrogen-bond acceptors (Lipinski definition) is 4. The van der Waals surface area contributed by atoms with Gasteiger partial charge in [0.15, 0.2) is 0 Å². The van der Waals surface area contributed by atoms with E-state index in [4.69, 9.17) is 4.74 Å². The van der Waals surface area contributed by atoms with E-state index in [-0.39, 0.29) is 5.56 Å². The Balaban J connectivity index is 1.83. The molecule has 0 N–H and O–H groups in total. The fourth-order valence-electron chi connectivity index (χ4n) is 3.03. The first-order chi connectivity index (χ1) is 10.7. The summed E-state index contributed by atoms with van der Waals surface area (Å²) in [7, 11) is 1.63. The zero-order valence-corrected chi connectivity index (χ0v) is 13.3. The molecule has 0 amide bonds. The van der Waals surface area contributed by atoms with Crippen molar-refractivity contribution in [3.05, 3.63) is 34.7 Å². The van der Waals surface area contributed by atoms with Crippen molar-refractivity contribution in [3.63, 3.8) is 0 Å². The summed E-state index contributed by atoms with van der Waals surface area (Å²) in [6.07, 6.45) is 3.91. The van der Waals surface area contributed by atoms with E-state index in [1.165, 1.54) is 19.0 Å². The number of methoxy groups -OCH3 is 1. The van der Waals surface area contributed by atoms with Gasteiger partial charge in [0, 0.05) is 19.2 Å². The van der Waals surface area contributed by atoms with E-state index in [0.717, 1.165) is 42.3 Å². The number of ether oxygens (including phenoxy) is 1. The highest BCUT2D eigenvalue weighted by Crippen LogP contribution is 2.19. The number of rotatable bonds is 4. The Morgan fingerprint density at radius 1 is 1.27 bits per heavy atom. The zero-order chi connectivity index (χ0) is 15.5. The van der Waals surface area contributed by atoms with Crippen LogP contribution < -0.4 is 10.3 Å². The molecule has 1 fully saturated rings. The highest BCUT2D eigenvalue weighted by Gasteiger charge is 2.16. The van der Waals surface area contributed by atoms with Crippen molar-refractivity contribution in [3.8, 4) is 5.75 Å². The van der Waals surface area contributed by atoms with Crippen molar-refractivity contribution < 1.29 is 4.74 Å². The molecule has 1 aromatic heterocycles. The van der Waals surface area contributed by atoms with Crippen LogP contribution in [-0.4, -0.2) is 41.2 Å². The standard InChI is InChI=1S/C17H23N3O2/c1-13-5-7-19(8-6-13)9-10-20-16-11-14(22-2)3-4-15(16)18-12-17(20)21/h3-4,11-13H,5-10H2,1-2H3. The molecule has 0 bridgehead atoms. The smallest absolute Gasteiger partial charge is 0.269 e. The molecule has 5 nitrogen and oxygen atoms in total. The summed E-state index contributed by atoms with van der Waals surface area (Å²) in [6, 6.07) is 5.66. The maximum atomic E-state index is 12.2. The van der Waals surface area contributed by atoms with Crippen LogP contribution in [0.4, 0.5) is 0 Å². The third kappa shape index (κ3) is 3.14. The summed E-state index contributed by atoms with van der Waals surface area (Å²) in [4.78, 5) is 18.9. The highest BCUT2D eigenvalue weighted by atomic mass is 16.5. The van der Waals surface area contributed by atoms with Crippen molar-refractivity contribution in [1.82, 2.24) is 14.5 Å². The number of piperidine rings is 1. The molecule has 0 radical (unpaired) electrons. The molecular formula is C17H23N3O2. The van der Waals surface area contributed by atoms with Gasteiger partial charge in [-0.1, -0.05) is 6.92 Å². The first-order valence-corrected chi connectivity index (χ1v) is 7.93. The number of likely N-dealkylation sites (tertiary alicyclic amines) is 1. The fraction of sp³-hybridized carbons (Fsp3) is 0.529. The highest BCUT2D eigenvalue weighted by molar-refractivity contribution is 5.76. The summed E-state index contributed by atoms with van der Waals surface area (Å²) < 4.78 is 7.08. The molecule has 1 aromatic carbocycles. The van der Waals surface area contributed by atoms with Gasteiger partial charge in [0.2, 0.25) is 0 Å². The second-order valence-electron chi connectivity index (χ2n) is 6.13. The van der Waals surface area contributed by atoms with Gasteiger partial charge in [-0.15, -0.1) is 0 Å². The predicted molar refractivity (Wildman–Crippen MR) is 87.4 cm³/mol. The quantitative estimate of drug-likeness (QED) is 0.868. The molecule has 2 aromatic rings. The average Bonchev–Trinajstić information content (AvgIpc) is 2.55. The van der Waals surface area contributed by atoms with Gasteiger partial charge in [0.05, 0.1) is 24.3 Å². The lowest BCUT2D eigenvalue weighted by atomic mass is 9.99. The number of hydrogen-bond donors (Lipinski definition) is 0. The van der Waals surface area contributed by atoms with Crippen LogP contribution >= 0.6 is 0 Å². The summed E-state index contributed by atoms with van der Waals surface area (Å²) in [5.41, 5.74) is 1.62. The van der Waals surface area contributed by atoms with Crippen LogP contribution in [0.1, 0.15) is 19.8 Å². The number of nitrogens with zero attached hydrogens (tertiary/aromatic N) is 3. The minimum atomic E-state index is -0.0499. The molecule has 1 saturated heterocycles. The zero-order valence-electron chi connectivity index (χ0n) is 13.3. The Bertz CT molecular complexity index is 703. The third-order valence-electron chi connectivity index (χ3n) is 4.57. The first kappa shape index (κ1) is 15.0. The molecule has 0 saturated carbocycles. The van der Waals surface area contributed by atoms with Gasteiger partial charge in [0.1, 0.15) is 5.75 Å². The molecule has 118 valence electrons. The third-order valence-corrected chi connectivity index (χ3v) is 4.57. The van der Waals surface area contributed by atoms with Crippen LogP contribution in [0.3, 0.4) is 0 Å². The van der Waals surface area contributed by atoms with Crippen molar-refractivity contribution in [2.24, 2.45) is 5.92 Å². The monoisotopic (exact) mass is 301 g/mol. The maximum absolute atomic E-state index is 12.2. The lowest BCUT2D eigenvalue weighted by molar-refractivity contribution is 0.186. The maximum Gasteiger partial charge on any atom is 0.269 e. The van der Waals surface area contributed by atoms with E-state index in [1.807, 2.05) is 22.8 Å². The lowest BCUT2D eigenvalue weighted by Crippen LogP contribution is -2.36. The molecule has 0 atom stereocenters. The Morgan fingerprint density at radius 3 is 2.77 bits per heavy atom. The second kappa shape index (κ2) is 6.48. The molecule has 3 rings (SSSR count). The Kier molecular flexibility index (Phi) is 4.43. The molecule has 22 heavy (non-hydrogen) atoms. The van der Waals surface area contributed by atoms with E-state index in [0.29, 0.717) is 6.54 Å². The molecular weight excluding hydrogens is 278 g/mol. The number of aromatic nitrogens is 2. The van der Waals surface area contributed by atoms with Crippen LogP contribution in [0.25, 0.3) is 11.0 Å². The van der Waals surface area contributed by atoms with E-state index in [2.05, 4.69) is 16.8 Å². The molecule has 0 spiro atoms. The van der Waals surface area contributed by atoms with Gasteiger partial charge in [-0.25, -0.2) is 4.98 Å². The van der Waals surface area contributed by atoms with Gasteiger partial charge < -0.3 is 14.2 Å². The summed E-state index contributed by atoms with van der Waals surface area (Å²) in [5.74, 6) is 1.57. The van der Waals surface area contributed by atoms with E-state index in [1.54, 1.807) is 7.11 Å². The summed E-state index contributed by atoms with van der Waals surface area (Å²) >= 11 is 0. The summed E-state index contributed by atoms with van der Waals surface area (Å²) in [5, 5.41) is 0. The van der Waals surface area contributed by atoms with Crippen LogP contribution in [0.5, 0.6) is 5.75 Å². The van der Waals surface area contributed by atoms with Crippen LogP contribution in [0.2, 0.25) is 0 Å². The molecule has 0 aliphatic carbocycles. The van der Waals surface area contributed by atoms with E-state index >= 15 is 0 Å². The van der Waals surface area contributed by atoms with Crippen molar-refractivity contribution in [2.45, 2.75) is 26.3 Å². The SMILES string of the molecule is COc1ccc2ncc(=O)n(CCN3CCC(C)CC3)c2c1. The largest absolute Gasteiger partial charge is 0.497 e. The minimum absolute atomic E-state index is 0.0499. The normalized spacial score (nSPS) is 17.0. The van der Waals surface area contributed by atoms with Crippen LogP contribution in [0, 0.1) is 5.92 Å². The lowest BCUT2D eigenvalue weighted by Gasteiger charge is -2.30. The van der Waals surface area contributed by atoms with Gasteiger partial charge in [-0.05, 0) is 44.0 Å². The van der Waals surface area contributed by atoms with E-state index < -0.39 is 0 Å². The molecule has 5 heteroatoms. The van der Waals surface area contributed by atoms with Crippen LogP contribution in [-0.2, 0) is 6.54 Å². The predicted octanol–water partition coefficient (Wildman–Crippen LogP) is 2.14. The van der Waals surface area contributed by atoms with Gasteiger partial charge >= 0.3 is 0 Å². The van der Waals surface area contributed by atoms with Crippen molar-refractivity contribution >= 4 is 11.0 Å². The second-order valence-corrected chi connectivity index (χ2v) is 6.13. The molecule has 1 aliphatic rings. The molecule has 0 unspecified atom stereocenters. The van der Waals surface area contributed by atoms with Crippen LogP contribution in [0.15, 0.2) is 29.2 Å². The Labute approximate surface area is 130 Å².